The van der Waals surface area contributed by atoms with Gasteiger partial charge in [-0.1, -0.05) is 25.8 Å². The zero-order valence-corrected chi connectivity index (χ0v) is 14.8. The molecule has 1 aliphatic carbocycles. The molecule has 7 nitrogen and oxygen atoms in total. The number of carbonyl (C=O) groups is 2. The van der Waals surface area contributed by atoms with Crippen molar-refractivity contribution < 1.29 is 19.1 Å². The molecule has 0 heterocycles. The second kappa shape index (κ2) is 9.88. The van der Waals surface area contributed by atoms with E-state index in [2.05, 4.69) is 27.6 Å². The first-order valence-corrected chi connectivity index (χ1v) is 8.70. The van der Waals surface area contributed by atoms with E-state index in [0.717, 1.165) is 6.42 Å². The summed E-state index contributed by atoms with van der Waals surface area (Å²) < 4.78 is 10.4. The van der Waals surface area contributed by atoms with E-state index < -0.39 is 6.09 Å². The summed E-state index contributed by atoms with van der Waals surface area (Å²) >= 11 is 0. The van der Waals surface area contributed by atoms with Gasteiger partial charge < -0.3 is 20.1 Å². The van der Waals surface area contributed by atoms with Crippen molar-refractivity contribution in [2.45, 2.75) is 38.7 Å². The van der Waals surface area contributed by atoms with Gasteiger partial charge in [0.05, 0.1) is 19.8 Å². The summed E-state index contributed by atoms with van der Waals surface area (Å²) in [6.45, 7) is 3.18. The summed E-state index contributed by atoms with van der Waals surface area (Å²) in [5.41, 5.74) is 1.12. The van der Waals surface area contributed by atoms with Gasteiger partial charge >= 0.3 is 12.1 Å². The summed E-state index contributed by atoms with van der Waals surface area (Å²) in [6, 6.07) is 6.52. The third kappa shape index (κ3) is 6.62. The standard InChI is InChI=1S/C18H27N3O4/c1-13-6-3-4-9-16(13)25-11-10-19-17(22)20-14-7-5-8-15(12-14)21-18(23)24-2/h5,7-8,12-13,16H,3-4,6,9-11H2,1-2H3,(H,21,23)(H2,19,20,22)/t13-,16-/m0/s1. The Kier molecular flexibility index (Phi) is 7.53. The number of amides is 3. The molecule has 7 heteroatoms. The highest BCUT2D eigenvalue weighted by molar-refractivity contribution is 5.91. The topological polar surface area (TPSA) is 88.7 Å². The van der Waals surface area contributed by atoms with Crippen LogP contribution >= 0.6 is 0 Å². The Hall–Kier alpha value is -2.28. The molecule has 1 aliphatic rings. The van der Waals surface area contributed by atoms with Gasteiger partial charge in [-0.2, -0.15) is 0 Å². The number of methoxy groups -OCH3 is 1. The van der Waals surface area contributed by atoms with Crippen LogP contribution < -0.4 is 16.0 Å². The second-order valence-corrected chi connectivity index (χ2v) is 6.25. The fourth-order valence-corrected chi connectivity index (χ4v) is 2.92. The lowest BCUT2D eigenvalue weighted by Crippen LogP contribution is -2.34. The highest BCUT2D eigenvalue weighted by atomic mass is 16.5. The molecule has 0 unspecified atom stereocenters. The van der Waals surface area contributed by atoms with E-state index in [1.807, 2.05) is 0 Å². The van der Waals surface area contributed by atoms with Gasteiger partial charge in [-0.05, 0) is 37.0 Å². The van der Waals surface area contributed by atoms with Gasteiger partial charge in [-0.25, -0.2) is 9.59 Å². The van der Waals surface area contributed by atoms with E-state index >= 15 is 0 Å². The molecule has 1 aromatic rings. The lowest BCUT2D eigenvalue weighted by Gasteiger charge is -2.28. The SMILES string of the molecule is COC(=O)Nc1cccc(NC(=O)NCCO[C@H]2CCCC[C@@H]2C)c1. The van der Waals surface area contributed by atoms with E-state index in [1.165, 1.54) is 26.4 Å². The first-order valence-electron chi connectivity index (χ1n) is 8.70. The number of nitrogens with one attached hydrogen (secondary N) is 3. The Morgan fingerprint density at radius 2 is 1.88 bits per heavy atom. The average molecular weight is 349 g/mol. The van der Waals surface area contributed by atoms with Crippen molar-refractivity contribution >= 4 is 23.5 Å². The highest BCUT2D eigenvalue weighted by Crippen LogP contribution is 2.26. The maximum Gasteiger partial charge on any atom is 0.411 e. The molecule has 0 bridgehead atoms. The Labute approximate surface area is 148 Å². The molecule has 1 aromatic carbocycles. The van der Waals surface area contributed by atoms with Gasteiger partial charge in [0.2, 0.25) is 0 Å². The lowest BCUT2D eigenvalue weighted by atomic mass is 9.88. The Morgan fingerprint density at radius 1 is 1.16 bits per heavy atom. The number of hydrogen-bond donors (Lipinski definition) is 3. The van der Waals surface area contributed by atoms with Gasteiger partial charge in [-0.15, -0.1) is 0 Å². The number of benzene rings is 1. The number of carbonyl (C=O) groups excluding carboxylic acids is 2. The van der Waals surface area contributed by atoms with Gasteiger partial charge in [0, 0.05) is 17.9 Å². The first kappa shape index (κ1) is 19.1. The van der Waals surface area contributed by atoms with E-state index in [4.69, 9.17) is 4.74 Å². The van der Waals surface area contributed by atoms with Crippen molar-refractivity contribution in [1.29, 1.82) is 0 Å². The summed E-state index contributed by atoms with van der Waals surface area (Å²) in [5, 5.41) is 8.04. The predicted molar refractivity (Wildman–Crippen MR) is 96.9 cm³/mol. The lowest BCUT2D eigenvalue weighted by molar-refractivity contribution is -0.00232. The van der Waals surface area contributed by atoms with Crippen LogP contribution in [-0.2, 0) is 9.47 Å². The minimum absolute atomic E-state index is 0.305. The molecule has 0 radical (unpaired) electrons. The van der Waals surface area contributed by atoms with Crippen molar-refractivity contribution in [2.75, 3.05) is 30.9 Å². The van der Waals surface area contributed by atoms with E-state index in [1.54, 1.807) is 24.3 Å². The minimum atomic E-state index is -0.560. The average Bonchev–Trinajstić information content (AvgIpc) is 2.60. The molecule has 0 aliphatic heterocycles. The molecule has 3 N–H and O–H groups in total. The van der Waals surface area contributed by atoms with E-state index in [9.17, 15) is 9.59 Å². The molecule has 0 aromatic heterocycles. The van der Waals surface area contributed by atoms with Crippen LogP contribution in [0, 0.1) is 5.92 Å². The molecule has 2 rings (SSSR count). The van der Waals surface area contributed by atoms with E-state index in [-0.39, 0.29) is 6.03 Å². The Morgan fingerprint density at radius 3 is 2.60 bits per heavy atom. The van der Waals surface area contributed by atoms with Crippen LogP contribution in [0.5, 0.6) is 0 Å². The van der Waals surface area contributed by atoms with Crippen molar-refractivity contribution in [3.05, 3.63) is 24.3 Å². The van der Waals surface area contributed by atoms with Crippen LogP contribution in [0.15, 0.2) is 24.3 Å². The summed E-state index contributed by atoms with van der Waals surface area (Å²) in [6.07, 6.45) is 4.57. The third-order valence-electron chi connectivity index (χ3n) is 4.30. The van der Waals surface area contributed by atoms with Crippen LogP contribution in [0.2, 0.25) is 0 Å². The van der Waals surface area contributed by atoms with Gasteiger partial charge in [0.1, 0.15) is 0 Å². The smallest absolute Gasteiger partial charge is 0.411 e. The molecular formula is C18H27N3O4. The van der Waals surface area contributed by atoms with Crippen molar-refractivity contribution in [3.63, 3.8) is 0 Å². The zero-order valence-electron chi connectivity index (χ0n) is 14.8. The third-order valence-corrected chi connectivity index (χ3v) is 4.30. The summed E-state index contributed by atoms with van der Waals surface area (Å²) in [4.78, 5) is 23.1. The fourth-order valence-electron chi connectivity index (χ4n) is 2.92. The molecule has 0 spiro atoms. The molecule has 25 heavy (non-hydrogen) atoms. The quantitative estimate of drug-likeness (QED) is 0.685. The molecule has 2 atom stereocenters. The minimum Gasteiger partial charge on any atom is -0.453 e. The van der Waals surface area contributed by atoms with Crippen LogP contribution in [0.25, 0.3) is 0 Å². The molecule has 3 amide bonds. The Balaban J connectivity index is 1.69. The zero-order chi connectivity index (χ0) is 18.1. The second-order valence-electron chi connectivity index (χ2n) is 6.25. The first-order chi connectivity index (χ1) is 12.1. The number of ether oxygens (including phenoxy) is 2. The monoisotopic (exact) mass is 349 g/mol. The highest BCUT2D eigenvalue weighted by Gasteiger charge is 2.21. The molecular weight excluding hydrogens is 322 g/mol. The number of anilines is 2. The maximum absolute atomic E-state index is 11.9. The predicted octanol–water partition coefficient (Wildman–Crippen LogP) is 3.58. The molecule has 138 valence electrons. The van der Waals surface area contributed by atoms with Crippen LogP contribution in [0.3, 0.4) is 0 Å². The van der Waals surface area contributed by atoms with Crippen molar-refractivity contribution in [2.24, 2.45) is 5.92 Å². The van der Waals surface area contributed by atoms with Crippen molar-refractivity contribution in [1.82, 2.24) is 5.32 Å². The van der Waals surface area contributed by atoms with Crippen LogP contribution in [0.1, 0.15) is 32.6 Å². The van der Waals surface area contributed by atoms with Crippen LogP contribution in [0.4, 0.5) is 21.0 Å². The fraction of sp³-hybridized carbons (Fsp3) is 0.556. The molecule has 0 saturated heterocycles. The number of hydrogen-bond acceptors (Lipinski definition) is 4. The summed E-state index contributed by atoms with van der Waals surface area (Å²) in [5.74, 6) is 0.590. The Bertz CT molecular complexity index is 579. The molecule has 1 saturated carbocycles. The van der Waals surface area contributed by atoms with Crippen molar-refractivity contribution in [3.8, 4) is 0 Å². The van der Waals surface area contributed by atoms with Gasteiger partial charge in [0.15, 0.2) is 0 Å². The summed E-state index contributed by atoms with van der Waals surface area (Å²) in [7, 11) is 1.29. The number of urea groups is 1. The van der Waals surface area contributed by atoms with Crippen LogP contribution in [-0.4, -0.2) is 38.5 Å². The van der Waals surface area contributed by atoms with E-state index in [0.29, 0.717) is 36.5 Å². The normalized spacial score (nSPS) is 19.8. The number of rotatable bonds is 6. The largest absolute Gasteiger partial charge is 0.453 e. The van der Waals surface area contributed by atoms with Gasteiger partial charge in [0.25, 0.3) is 0 Å². The molecule has 1 fully saturated rings. The maximum atomic E-state index is 11.9. The van der Waals surface area contributed by atoms with Gasteiger partial charge in [-0.3, -0.25) is 5.32 Å².